The number of sulfonamides is 1. The third kappa shape index (κ3) is 8.83. The predicted molar refractivity (Wildman–Crippen MR) is 184 cm³/mol. The highest BCUT2D eigenvalue weighted by Gasteiger charge is 2.34. The zero-order chi connectivity index (χ0) is 32.6. The topological polar surface area (TPSA) is 86.8 Å². The first-order valence-corrected chi connectivity index (χ1v) is 17.2. The van der Waals surface area contributed by atoms with Gasteiger partial charge in [0.25, 0.3) is 10.0 Å². The van der Waals surface area contributed by atoms with E-state index in [0.717, 1.165) is 43.0 Å². The highest BCUT2D eigenvalue weighted by molar-refractivity contribution is 9.10. The Balaban J connectivity index is 1.81. The molecule has 4 aromatic carbocycles. The number of hydrogen-bond donors (Lipinski definition) is 1. The van der Waals surface area contributed by atoms with Crippen molar-refractivity contribution in [1.29, 1.82) is 0 Å². The predicted octanol–water partition coefficient (Wildman–Crippen LogP) is 6.74. The molecule has 1 atom stereocenters. The average Bonchev–Trinajstić information content (AvgIpc) is 3.03. The van der Waals surface area contributed by atoms with Crippen molar-refractivity contribution in [3.63, 3.8) is 0 Å². The van der Waals surface area contributed by atoms with E-state index in [1.54, 1.807) is 36.4 Å². The van der Waals surface area contributed by atoms with Gasteiger partial charge in [-0.2, -0.15) is 0 Å². The van der Waals surface area contributed by atoms with Gasteiger partial charge in [0.1, 0.15) is 12.6 Å². The van der Waals surface area contributed by atoms with Crippen LogP contribution in [0.2, 0.25) is 0 Å². The molecule has 236 valence electrons. The smallest absolute Gasteiger partial charge is 0.264 e. The van der Waals surface area contributed by atoms with Gasteiger partial charge in [0.15, 0.2) is 0 Å². The lowest BCUT2D eigenvalue weighted by atomic mass is 10.0. The highest BCUT2D eigenvalue weighted by atomic mass is 79.9. The van der Waals surface area contributed by atoms with Crippen LogP contribution in [0.25, 0.3) is 0 Å². The van der Waals surface area contributed by atoms with Gasteiger partial charge < -0.3 is 10.2 Å². The van der Waals surface area contributed by atoms with E-state index >= 15 is 0 Å². The molecule has 0 spiro atoms. The molecular weight excluding hydrogens is 650 g/mol. The molecule has 0 saturated heterocycles. The van der Waals surface area contributed by atoms with Crippen LogP contribution in [0.3, 0.4) is 0 Å². The number of rotatable bonds is 13. The average molecular weight is 691 g/mol. The second-order valence-electron chi connectivity index (χ2n) is 11.2. The number of hydrogen-bond acceptors (Lipinski definition) is 4. The Morgan fingerprint density at radius 2 is 1.49 bits per heavy atom. The van der Waals surface area contributed by atoms with Gasteiger partial charge >= 0.3 is 0 Å². The SMILES string of the molecule is CCCNC(=O)[C@H](Cc1ccccc1)N(Cc1ccc(Br)cc1)C(=O)CN(c1ccc(C)c(C)c1)S(=O)(=O)c1ccc(C)cc1. The minimum Gasteiger partial charge on any atom is -0.354 e. The van der Waals surface area contributed by atoms with Gasteiger partial charge in [-0.15, -0.1) is 0 Å². The highest BCUT2D eigenvalue weighted by Crippen LogP contribution is 2.27. The number of halogens is 1. The van der Waals surface area contributed by atoms with Crippen molar-refractivity contribution in [1.82, 2.24) is 10.2 Å². The summed E-state index contributed by atoms with van der Waals surface area (Å²) in [4.78, 5) is 29.9. The molecule has 0 bridgehead atoms. The number of carbonyl (C=O) groups excluding carboxylic acids is 2. The minimum atomic E-state index is -4.15. The monoisotopic (exact) mass is 689 g/mol. The Kier molecular flexibility index (Phi) is 11.6. The van der Waals surface area contributed by atoms with Crippen molar-refractivity contribution in [2.45, 2.75) is 58.0 Å². The maximum atomic E-state index is 14.5. The molecule has 0 radical (unpaired) electrons. The molecule has 0 aliphatic heterocycles. The fourth-order valence-corrected chi connectivity index (χ4v) is 6.62. The van der Waals surface area contributed by atoms with Gasteiger partial charge in [-0.3, -0.25) is 13.9 Å². The lowest BCUT2D eigenvalue weighted by molar-refractivity contribution is -0.140. The van der Waals surface area contributed by atoms with Crippen molar-refractivity contribution in [3.8, 4) is 0 Å². The summed E-state index contributed by atoms with van der Waals surface area (Å²) in [6, 6.07) is 28.1. The number of amides is 2. The van der Waals surface area contributed by atoms with E-state index in [9.17, 15) is 18.0 Å². The number of benzene rings is 4. The number of nitrogens with zero attached hydrogens (tertiary/aromatic N) is 2. The summed E-state index contributed by atoms with van der Waals surface area (Å²) in [6.45, 7) is 7.81. The molecule has 2 amide bonds. The Morgan fingerprint density at radius 1 is 0.822 bits per heavy atom. The van der Waals surface area contributed by atoms with Crippen molar-refractivity contribution >= 4 is 43.5 Å². The Hall–Kier alpha value is -3.95. The summed E-state index contributed by atoms with van der Waals surface area (Å²) in [5.74, 6) is -0.773. The van der Waals surface area contributed by atoms with Gasteiger partial charge in [-0.1, -0.05) is 89.1 Å². The van der Waals surface area contributed by atoms with Crippen LogP contribution in [-0.2, 0) is 32.6 Å². The van der Waals surface area contributed by atoms with Crippen LogP contribution in [0.15, 0.2) is 106 Å². The molecule has 0 aliphatic carbocycles. The van der Waals surface area contributed by atoms with E-state index in [0.29, 0.717) is 12.2 Å². The summed E-state index contributed by atoms with van der Waals surface area (Å²) in [6.07, 6.45) is 1.01. The third-order valence-corrected chi connectivity index (χ3v) is 10.1. The lowest BCUT2D eigenvalue weighted by Gasteiger charge is -2.34. The number of anilines is 1. The first-order valence-electron chi connectivity index (χ1n) is 15.0. The van der Waals surface area contributed by atoms with Gasteiger partial charge in [-0.05, 0) is 85.8 Å². The number of carbonyl (C=O) groups is 2. The van der Waals surface area contributed by atoms with E-state index in [1.165, 1.54) is 4.90 Å². The van der Waals surface area contributed by atoms with Crippen molar-refractivity contribution in [2.75, 3.05) is 17.4 Å². The van der Waals surface area contributed by atoms with E-state index in [-0.39, 0.29) is 23.8 Å². The normalized spacial score (nSPS) is 11.9. The molecule has 0 unspecified atom stereocenters. The Morgan fingerprint density at radius 3 is 2.11 bits per heavy atom. The summed E-state index contributed by atoms with van der Waals surface area (Å²) >= 11 is 3.47. The first kappa shape index (κ1) is 33.9. The maximum absolute atomic E-state index is 14.5. The molecule has 0 fully saturated rings. The summed E-state index contributed by atoms with van der Waals surface area (Å²) in [5, 5.41) is 2.97. The molecule has 0 aliphatic rings. The van der Waals surface area contributed by atoms with Crippen molar-refractivity contribution < 1.29 is 18.0 Å². The fourth-order valence-electron chi connectivity index (χ4n) is 4.95. The van der Waals surface area contributed by atoms with Crippen LogP contribution in [0.5, 0.6) is 0 Å². The van der Waals surface area contributed by atoms with Crippen LogP contribution in [0.1, 0.15) is 41.2 Å². The third-order valence-electron chi connectivity index (χ3n) is 7.75. The second-order valence-corrected chi connectivity index (χ2v) is 14.0. The standard InChI is InChI=1S/C36H40BrN3O4S/c1-5-21-38-36(42)34(23-29-9-7-6-8-10-29)39(24-30-14-16-31(37)17-15-30)35(41)25-40(32-18-13-27(3)28(4)22-32)45(43,44)33-19-11-26(2)12-20-33/h6-20,22,34H,5,21,23-25H2,1-4H3,(H,38,42)/t34-/m0/s1. The number of aryl methyl sites for hydroxylation is 3. The van der Waals surface area contributed by atoms with Crippen LogP contribution in [-0.4, -0.2) is 44.3 Å². The van der Waals surface area contributed by atoms with E-state index in [4.69, 9.17) is 0 Å². The quantitative estimate of drug-likeness (QED) is 0.169. The summed E-state index contributed by atoms with van der Waals surface area (Å²) in [5.41, 5.74) is 4.91. The van der Waals surface area contributed by atoms with Gasteiger partial charge in [0.2, 0.25) is 11.8 Å². The van der Waals surface area contributed by atoms with Gasteiger partial charge in [0, 0.05) is 24.0 Å². The van der Waals surface area contributed by atoms with Crippen LogP contribution in [0, 0.1) is 20.8 Å². The summed E-state index contributed by atoms with van der Waals surface area (Å²) < 4.78 is 30.4. The maximum Gasteiger partial charge on any atom is 0.264 e. The minimum absolute atomic E-state index is 0.0834. The molecule has 1 N–H and O–H groups in total. The van der Waals surface area contributed by atoms with Crippen LogP contribution in [0.4, 0.5) is 5.69 Å². The molecule has 4 aromatic rings. The zero-order valence-corrected chi connectivity index (χ0v) is 28.6. The largest absolute Gasteiger partial charge is 0.354 e. The molecule has 4 rings (SSSR count). The molecule has 0 saturated carbocycles. The first-order chi connectivity index (χ1) is 21.5. The van der Waals surface area contributed by atoms with E-state index in [2.05, 4.69) is 21.2 Å². The molecule has 7 nitrogen and oxygen atoms in total. The Labute approximate surface area is 275 Å². The molecule has 0 heterocycles. The van der Waals surface area contributed by atoms with Crippen LogP contribution < -0.4 is 9.62 Å². The Bertz CT molecular complexity index is 1710. The van der Waals surface area contributed by atoms with Crippen molar-refractivity contribution in [2.24, 2.45) is 0 Å². The van der Waals surface area contributed by atoms with Gasteiger partial charge in [0.05, 0.1) is 10.6 Å². The van der Waals surface area contributed by atoms with E-state index < -0.39 is 28.5 Å². The van der Waals surface area contributed by atoms with E-state index in [1.807, 2.05) is 88.4 Å². The molecular formula is C36H40BrN3O4S. The van der Waals surface area contributed by atoms with Crippen LogP contribution >= 0.6 is 15.9 Å². The molecule has 9 heteroatoms. The lowest BCUT2D eigenvalue weighted by Crippen LogP contribution is -2.53. The fraction of sp³-hybridized carbons (Fsp3) is 0.278. The summed E-state index contributed by atoms with van der Waals surface area (Å²) in [7, 11) is -4.15. The molecule has 45 heavy (non-hydrogen) atoms. The van der Waals surface area contributed by atoms with Crippen molar-refractivity contribution in [3.05, 3.63) is 129 Å². The molecule has 0 aromatic heterocycles. The number of nitrogens with one attached hydrogen (secondary N) is 1. The second kappa shape index (κ2) is 15.4. The zero-order valence-electron chi connectivity index (χ0n) is 26.2. The van der Waals surface area contributed by atoms with Gasteiger partial charge in [-0.25, -0.2) is 8.42 Å².